The lowest BCUT2D eigenvalue weighted by Gasteiger charge is -2.14. The van der Waals surface area contributed by atoms with Crippen molar-refractivity contribution in [1.29, 1.82) is 0 Å². The third kappa shape index (κ3) is 43.0. The van der Waals surface area contributed by atoms with Crippen LogP contribution < -0.4 is 108 Å². The molecule has 26 N–H and O–H groups in total. The third-order valence-corrected chi connectivity index (χ3v) is 10.1. The van der Waals surface area contributed by atoms with Gasteiger partial charge in [-0.2, -0.15) is 30.6 Å². The Kier molecular flexibility index (Phi) is 48.6. The number of nitrogens with one attached hydrogen (secondary N) is 12. The summed E-state index contributed by atoms with van der Waals surface area (Å²) in [6.07, 6.45) is 23.0. The number of hydrogen-bond donors (Lipinski definition) is 20. The van der Waals surface area contributed by atoms with Gasteiger partial charge in [-0.3, -0.25) is 0 Å². The number of rotatable bonds is 29. The zero-order valence-electron chi connectivity index (χ0n) is 51.2. The molecule has 0 unspecified atom stereocenters. The standard InChI is InChI=1S/C14H20BN5O3.C11H13N5.C9H11N5O.C9H11N5S.C8H15N5.C5H9N5/c1-4-6-23-13-11(5-2)7-10(8-12(13)15(21)22)9-18-20-14(16)19-17-3;1-3-9-4-6-10(7-5-9)8-14-16-11(12)15-13-2;2*1-3-7-4-5-8(15-7)6-12-14-9(10)13-11-2;1-3-4-5-6-7-11-13-8(9)12-10-2;1-3-4-8-10-5(6)9-7-2/h5,7-9,21-22H,2-4,6H2,1H3,(H3,16,19,20);3-8H,1-2H2,(H3,12,15,16);2*3-6H,1-2H2,(H3,10,13,14);3,7H,1-2,4-6H2,(H3,9,12,13);3-4H,1-2H2,(H3,6,9,10)/p+6. The first-order chi connectivity index (χ1) is 44.4. The normalized spacial score (nSPS) is 11.5. The Balaban J connectivity index is 0. The van der Waals surface area contributed by atoms with Crippen LogP contribution in [-0.4, -0.2) is 137 Å². The van der Waals surface area contributed by atoms with E-state index in [0.717, 1.165) is 46.6 Å². The first-order valence-corrected chi connectivity index (χ1v) is 27.3. The maximum absolute atomic E-state index is 9.56. The van der Waals surface area contributed by atoms with Crippen LogP contribution in [0.4, 0.5) is 0 Å². The van der Waals surface area contributed by atoms with Gasteiger partial charge in [-0.15, -0.1) is 112 Å². The van der Waals surface area contributed by atoms with Crippen molar-refractivity contribution in [1.82, 2.24) is 32.6 Å². The van der Waals surface area contributed by atoms with E-state index < -0.39 is 7.12 Å². The highest BCUT2D eigenvalue weighted by molar-refractivity contribution is 7.14. The molecular weight excluding hydrogens is 1200 g/mol. The summed E-state index contributed by atoms with van der Waals surface area (Å²) < 4.78 is 10.8. The monoisotopic (exact) mass is 1280 g/mol. The predicted molar refractivity (Wildman–Crippen MR) is 381 cm³/mol. The van der Waals surface area contributed by atoms with Gasteiger partial charge in [0.05, 0.1) is 31.5 Å². The highest BCUT2D eigenvalue weighted by Gasteiger charge is 2.20. The van der Waals surface area contributed by atoms with Crippen molar-refractivity contribution in [2.45, 2.75) is 32.6 Å². The maximum Gasteiger partial charge on any atom is 0.492 e. The zero-order valence-corrected chi connectivity index (χ0v) is 52.1. The second kappa shape index (κ2) is 54.9. The summed E-state index contributed by atoms with van der Waals surface area (Å²) in [6, 6.07) is 18.4. The van der Waals surface area contributed by atoms with Gasteiger partial charge in [0.15, 0.2) is 40.3 Å². The average Bonchev–Trinajstić information content (AvgIpc) is 1.75. The van der Waals surface area contributed by atoms with Crippen LogP contribution in [0.15, 0.2) is 178 Å². The number of ether oxygens (including phenoxy) is 1. The molecule has 0 bridgehead atoms. The van der Waals surface area contributed by atoms with Gasteiger partial charge < -0.3 is 53.6 Å². The molecular formula is C56H85BN30O4S+6. The van der Waals surface area contributed by atoms with Crippen LogP contribution in [0.3, 0.4) is 0 Å². The van der Waals surface area contributed by atoms with Crippen LogP contribution in [0, 0.1) is 0 Å². The molecule has 92 heavy (non-hydrogen) atoms. The van der Waals surface area contributed by atoms with Gasteiger partial charge >= 0.3 is 7.12 Å². The number of benzene rings is 2. The van der Waals surface area contributed by atoms with E-state index in [1.54, 1.807) is 78.6 Å². The number of guanidine groups is 6. The molecule has 0 aliphatic heterocycles. The van der Waals surface area contributed by atoms with Crippen LogP contribution in [-0.2, 0) is 0 Å². The van der Waals surface area contributed by atoms with Crippen LogP contribution in [0.2, 0.25) is 0 Å². The molecule has 4 aromatic rings. The van der Waals surface area contributed by atoms with E-state index in [4.69, 9.17) is 43.6 Å². The first kappa shape index (κ1) is 81.4. The number of hydrogen-bond acceptors (Lipinski definition) is 17. The number of thiophene rings is 1. The highest BCUT2D eigenvalue weighted by Crippen LogP contribution is 2.20. The Labute approximate surface area is 538 Å². The summed E-state index contributed by atoms with van der Waals surface area (Å²) in [4.78, 5) is 2.08. The molecule has 0 amide bonds. The van der Waals surface area contributed by atoms with Crippen LogP contribution in [0.25, 0.3) is 24.3 Å². The summed E-state index contributed by atoms with van der Waals surface area (Å²) in [6.45, 7) is 43.9. The molecule has 36 heteroatoms. The van der Waals surface area contributed by atoms with E-state index in [1.807, 2.05) is 49.4 Å². The van der Waals surface area contributed by atoms with Gasteiger partial charge in [0.2, 0.25) is 0 Å². The second-order valence-corrected chi connectivity index (χ2v) is 17.1. The molecule has 0 saturated carbocycles. The van der Waals surface area contributed by atoms with Crippen molar-refractivity contribution in [2.75, 3.05) is 6.61 Å². The molecule has 0 atom stereocenters. The van der Waals surface area contributed by atoms with Gasteiger partial charge in [0.1, 0.15) is 17.3 Å². The maximum atomic E-state index is 9.56. The number of allylic oxidation sites excluding steroid dienone is 2. The Hall–Kier alpha value is -12.7. The number of unbranched alkanes of at least 4 members (excludes halogenated alkanes) is 2. The molecule has 2 heterocycles. The quantitative estimate of drug-likeness (QED) is 0.00600. The molecule has 0 aliphatic rings. The second-order valence-electron chi connectivity index (χ2n) is 15.9. The van der Waals surface area contributed by atoms with Gasteiger partial charge in [-0.05, 0) is 90.9 Å². The number of hydrazine groups is 6. The first-order valence-electron chi connectivity index (χ1n) is 26.5. The Morgan fingerprint density at radius 1 is 0.522 bits per heavy atom. The molecule has 34 nitrogen and oxygen atoms in total. The molecule has 0 radical (unpaired) electrons. The van der Waals surface area contributed by atoms with E-state index in [9.17, 15) is 10.0 Å². The molecule has 0 fully saturated rings. The van der Waals surface area contributed by atoms with E-state index in [-0.39, 0.29) is 41.2 Å². The SMILES string of the molecule is C=CC=NN=C(N)N[NH+]=C.C=CCCCC=NN=C(N)N[NH+]=C.C=Cc1cc(C=NN=C(N)N[NH+]=C)cc(B(O)O)c1OCCC.C=Cc1ccc(C=NN=C(N)N[NH+]=C)cc1.C=Cc1ccc(C=NN=C(N)N[NH+]=C)o1.C=Cc1ccc(C=NN=C(N)N[NH+]=C)s1. The van der Waals surface area contributed by atoms with Gasteiger partial charge in [0, 0.05) is 33.2 Å². The third-order valence-electron chi connectivity index (χ3n) is 9.06. The smallest absolute Gasteiger partial charge is 0.492 e. The van der Waals surface area contributed by atoms with Crippen LogP contribution in [0.5, 0.6) is 5.75 Å². The molecule has 0 aliphatic carbocycles. The topological polar surface area (TPSA) is 523 Å². The zero-order chi connectivity index (χ0) is 69.0. The highest BCUT2D eigenvalue weighted by atomic mass is 32.1. The number of nitrogens with two attached hydrogens (primary N) is 6. The van der Waals surface area contributed by atoms with Crippen molar-refractivity contribution in [3.63, 3.8) is 0 Å². The molecule has 2 aromatic heterocycles. The fourth-order valence-electron chi connectivity index (χ4n) is 5.26. The van der Waals surface area contributed by atoms with Crippen molar-refractivity contribution < 1.29 is 49.8 Å². The van der Waals surface area contributed by atoms with Gasteiger partial charge in [-0.1, -0.05) is 88.4 Å². The van der Waals surface area contributed by atoms with Crippen LogP contribution in [0.1, 0.15) is 76.1 Å². The lowest BCUT2D eigenvalue weighted by Crippen LogP contribution is -2.80. The minimum Gasteiger partial charge on any atom is -0.493 e. The Morgan fingerprint density at radius 2 is 0.978 bits per heavy atom. The van der Waals surface area contributed by atoms with Gasteiger partial charge in [-0.25, -0.2) is 0 Å². The summed E-state index contributed by atoms with van der Waals surface area (Å²) in [7, 11) is -1.68. The number of furan rings is 1. The van der Waals surface area contributed by atoms with Gasteiger partial charge in [0.25, 0.3) is 35.8 Å². The fraction of sp³-hybridized carbons (Fsp3) is 0.107. The molecule has 0 saturated heterocycles. The summed E-state index contributed by atoms with van der Waals surface area (Å²) in [5.74, 6) is 2.41. The van der Waals surface area contributed by atoms with Crippen molar-refractivity contribution in [3.8, 4) is 5.75 Å². The average molecular weight is 1290 g/mol. The van der Waals surface area contributed by atoms with E-state index >= 15 is 0 Å². The summed E-state index contributed by atoms with van der Waals surface area (Å²) >= 11 is 1.57. The number of hydrazone groups is 6. The lowest BCUT2D eigenvalue weighted by atomic mass is 9.77. The Morgan fingerprint density at radius 3 is 1.40 bits per heavy atom. The lowest BCUT2D eigenvalue weighted by molar-refractivity contribution is -0.496. The largest absolute Gasteiger partial charge is 0.493 e. The van der Waals surface area contributed by atoms with E-state index in [0.29, 0.717) is 35.0 Å². The molecule has 2 aromatic carbocycles. The van der Waals surface area contributed by atoms with Crippen molar-refractivity contribution in [3.05, 3.63) is 156 Å². The van der Waals surface area contributed by atoms with Crippen molar-refractivity contribution >= 4 is 162 Å². The molecule has 4 rings (SSSR count). The predicted octanol–water partition coefficient (Wildman–Crippen LogP) is -8.13. The Bertz CT molecular complexity index is 3240. The van der Waals surface area contributed by atoms with Crippen LogP contribution >= 0.6 is 11.3 Å². The fourth-order valence-corrected chi connectivity index (χ4v) is 5.99. The number of nitrogens with zero attached hydrogens (tertiary/aromatic N) is 12. The van der Waals surface area contributed by atoms with E-state index in [2.05, 4.69) is 204 Å². The molecule has 486 valence electrons. The summed E-state index contributed by atoms with van der Waals surface area (Å²) in [5.41, 5.74) is 50.4. The minimum atomic E-state index is -1.68. The van der Waals surface area contributed by atoms with Crippen molar-refractivity contribution in [2.24, 2.45) is 95.6 Å². The molecule has 0 spiro atoms. The van der Waals surface area contributed by atoms with E-state index in [1.165, 1.54) is 24.7 Å². The summed E-state index contributed by atoms with van der Waals surface area (Å²) in [5, 5.41) is 77.4. The minimum absolute atomic E-state index is 0.0329.